The van der Waals surface area contributed by atoms with Crippen LogP contribution >= 0.6 is 0 Å². The minimum atomic E-state index is 0.294. The minimum Gasteiger partial charge on any atom is -0.359 e. The highest BCUT2D eigenvalue weighted by molar-refractivity contribution is 5.73. The predicted octanol–water partition coefficient (Wildman–Crippen LogP) is 6.63. The second-order valence-corrected chi connectivity index (χ2v) is 7.62. The van der Waals surface area contributed by atoms with Gasteiger partial charge in [0.1, 0.15) is 5.82 Å². The van der Waals surface area contributed by atoms with Gasteiger partial charge >= 0.3 is 0 Å². The number of hydrogen-bond acceptors (Lipinski definition) is 3. The van der Waals surface area contributed by atoms with Crippen LogP contribution in [0.2, 0.25) is 0 Å². The number of rotatable bonds is 10. The third-order valence-corrected chi connectivity index (χ3v) is 5.59. The molecule has 3 nitrogen and oxygen atoms in total. The van der Waals surface area contributed by atoms with Gasteiger partial charge in [0.2, 0.25) is 0 Å². The Morgan fingerprint density at radius 3 is 2.60 bits per heavy atom. The molecule has 3 heteroatoms. The first-order valence-corrected chi connectivity index (χ1v) is 11.0. The van der Waals surface area contributed by atoms with Crippen molar-refractivity contribution in [1.29, 1.82) is 0 Å². The largest absolute Gasteiger partial charge is 0.359 e. The fourth-order valence-electron chi connectivity index (χ4n) is 4.00. The summed E-state index contributed by atoms with van der Waals surface area (Å²) in [6.07, 6.45) is 14.0. The van der Waals surface area contributed by atoms with Crippen molar-refractivity contribution >= 4 is 6.21 Å². The molecule has 0 aliphatic carbocycles. The molecule has 1 aromatic carbocycles. The molecule has 30 heavy (non-hydrogen) atoms. The molecule has 1 N–H and O–H groups in total. The average molecular weight is 404 g/mol. The van der Waals surface area contributed by atoms with Crippen molar-refractivity contribution in [3.05, 3.63) is 95.3 Å². The molecule has 0 spiro atoms. The quantitative estimate of drug-likeness (QED) is 0.475. The van der Waals surface area contributed by atoms with Gasteiger partial charge < -0.3 is 10.2 Å². The highest BCUT2D eigenvalue weighted by Gasteiger charge is 2.20. The van der Waals surface area contributed by atoms with E-state index in [-0.39, 0.29) is 0 Å². The first-order chi connectivity index (χ1) is 14.5. The summed E-state index contributed by atoms with van der Waals surface area (Å²) >= 11 is 0. The molecule has 1 heterocycles. The minimum absolute atomic E-state index is 0.294. The summed E-state index contributed by atoms with van der Waals surface area (Å²) in [5.41, 5.74) is 7.14. The molecule has 0 fully saturated rings. The van der Waals surface area contributed by atoms with E-state index in [1.807, 2.05) is 30.3 Å². The van der Waals surface area contributed by atoms with E-state index in [4.69, 9.17) is 0 Å². The first-order valence-electron chi connectivity index (χ1n) is 11.0. The molecule has 1 aliphatic heterocycles. The second kappa shape index (κ2) is 11.4. The summed E-state index contributed by atoms with van der Waals surface area (Å²) in [4.78, 5) is 6.51. The lowest BCUT2D eigenvalue weighted by Gasteiger charge is -2.26. The molecular formula is C27H37N3. The van der Waals surface area contributed by atoms with Gasteiger partial charge in [0, 0.05) is 42.3 Å². The fraction of sp³-hybridized carbons (Fsp3) is 0.370. The van der Waals surface area contributed by atoms with Crippen molar-refractivity contribution in [2.75, 3.05) is 7.05 Å². The zero-order chi connectivity index (χ0) is 22.1. The molecular weight excluding hydrogens is 366 g/mol. The molecule has 2 rings (SSSR count). The molecule has 0 bridgehead atoms. The van der Waals surface area contributed by atoms with Crippen LogP contribution < -0.4 is 5.32 Å². The van der Waals surface area contributed by atoms with Crippen LogP contribution in [0.15, 0.2) is 83.6 Å². The predicted molar refractivity (Wildman–Crippen MR) is 131 cm³/mol. The van der Waals surface area contributed by atoms with Gasteiger partial charge in [0.15, 0.2) is 0 Å². The Bertz CT molecular complexity index is 883. The number of benzene rings is 1. The van der Waals surface area contributed by atoms with E-state index in [0.717, 1.165) is 42.8 Å². The standard InChI is InChI=1S/C27H37N3/c1-8-14-21-15-16-22(9-2)25(19-21)24(11-4)26(12-5)29-20(6)23(10-3)27-28-17-13-18-30(27)7/h10,12-13,15-19,24,29H,3,6,8-9,11,14H2,1-2,4-5,7H3/b26-12+,27-23+. The molecule has 0 saturated carbocycles. The first kappa shape index (κ1) is 23.5. The lowest BCUT2D eigenvalue weighted by molar-refractivity contribution is 0.552. The van der Waals surface area contributed by atoms with Crippen molar-refractivity contribution in [1.82, 2.24) is 10.2 Å². The SMILES string of the molecule is C=C/C(C(=C)N/C(=C/C)C(CC)c1cc(CCC)ccc1CC)=C1/N=CC=CN1C. The molecule has 160 valence electrons. The maximum atomic E-state index is 4.52. The molecule has 1 atom stereocenters. The van der Waals surface area contributed by atoms with Gasteiger partial charge in [-0.25, -0.2) is 4.99 Å². The van der Waals surface area contributed by atoms with Crippen LogP contribution in [0.4, 0.5) is 0 Å². The lowest BCUT2D eigenvalue weighted by Crippen LogP contribution is -2.22. The van der Waals surface area contributed by atoms with Crippen LogP contribution in [0.25, 0.3) is 0 Å². The van der Waals surface area contributed by atoms with Gasteiger partial charge in [-0.05, 0) is 49.0 Å². The van der Waals surface area contributed by atoms with Gasteiger partial charge in [-0.2, -0.15) is 0 Å². The maximum absolute atomic E-state index is 4.52. The Hall–Kier alpha value is -2.81. The fourth-order valence-corrected chi connectivity index (χ4v) is 4.00. The molecule has 0 saturated heterocycles. The average Bonchev–Trinajstić information content (AvgIpc) is 2.75. The van der Waals surface area contributed by atoms with Crippen molar-refractivity contribution in [3.8, 4) is 0 Å². The molecule has 1 aromatic rings. The second-order valence-electron chi connectivity index (χ2n) is 7.62. The lowest BCUT2D eigenvalue weighted by atomic mass is 9.86. The Balaban J connectivity index is 2.38. The zero-order valence-electron chi connectivity index (χ0n) is 19.3. The van der Waals surface area contributed by atoms with E-state index >= 15 is 0 Å². The van der Waals surface area contributed by atoms with Crippen LogP contribution in [-0.2, 0) is 12.8 Å². The van der Waals surface area contributed by atoms with Gasteiger partial charge in [-0.3, -0.25) is 0 Å². The third kappa shape index (κ3) is 5.41. The van der Waals surface area contributed by atoms with E-state index in [9.17, 15) is 0 Å². The van der Waals surface area contributed by atoms with Crippen LogP contribution in [0.1, 0.15) is 63.1 Å². The molecule has 1 aliphatic rings. The number of aliphatic imine (C=N–C) groups is 1. The van der Waals surface area contributed by atoms with Crippen molar-refractivity contribution < 1.29 is 0 Å². The number of nitrogens with zero attached hydrogens (tertiary/aromatic N) is 2. The van der Waals surface area contributed by atoms with E-state index in [1.165, 1.54) is 22.4 Å². The van der Waals surface area contributed by atoms with Crippen molar-refractivity contribution in [3.63, 3.8) is 0 Å². The van der Waals surface area contributed by atoms with E-state index in [0.29, 0.717) is 5.92 Å². The third-order valence-electron chi connectivity index (χ3n) is 5.59. The summed E-state index contributed by atoms with van der Waals surface area (Å²) in [7, 11) is 1.98. The molecule has 0 radical (unpaired) electrons. The van der Waals surface area contributed by atoms with Gasteiger partial charge in [-0.1, -0.05) is 70.7 Å². The zero-order valence-corrected chi connectivity index (χ0v) is 19.3. The van der Waals surface area contributed by atoms with Gasteiger partial charge in [-0.15, -0.1) is 0 Å². The summed E-state index contributed by atoms with van der Waals surface area (Å²) in [5, 5.41) is 3.60. The smallest absolute Gasteiger partial charge is 0.141 e. The Morgan fingerprint density at radius 2 is 2.03 bits per heavy atom. The Labute approximate surface area is 183 Å². The van der Waals surface area contributed by atoms with Crippen LogP contribution in [-0.4, -0.2) is 18.2 Å². The van der Waals surface area contributed by atoms with Crippen molar-refractivity contribution in [2.24, 2.45) is 4.99 Å². The monoisotopic (exact) mass is 403 g/mol. The summed E-state index contributed by atoms with van der Waals surface area (Å²) < 4.78 is 0. The highest BCUT2D eigenvalue weighted by atomic mass is 15.2. The molecule has 0 aromatic heterocycles. The molecule has 1 unspecified atom stereocenters. The van der Waals surface area contributed by atoms with Gasteiger partial charge in [0.25, 0.3) is 0 Å². The van der Waals surface area contributed by atoms with Crippen LogP contribution in [0.3, 0.4) is 0 Å². The summed E-state index contributed by atoms with van der Waals surface area (Å²) in [6.45, 7) is 17.1. The van der Waals surface area contributed by atoms with Crippen LogP contribution in [0.5, 0.6) is 0 Å². The number of aryl methyl sites for hydroxylation is 2. The van der Waals surface area contributed by atoms with E-state index < -0.39 is 0 Å². The summed E-state index contributed by atoms with van der Waals surface area (Å²) in [5.74, 6) is 1.13. The highest BCUT2D eigenvalue weighted by Crippen LogP contribution is 2.32. The van der Waals surface area contributed by atoms with Crippen LogP contribution in [0, 0.1) is 0 Å². The normalized spacial score (nSPS) is 16.4. The van der Waals surface area contributed by atoms with Gasteiger partial charge in [0.05, 0.1) is 0 Å². The number of nitrogens with one attached hydrogen (secondary N) is 1. The Morgan fingerprint density at radius 1 is 1.27 bits per heavy atom. The maximum Gasteiger partial charge on any atom is 0.141 e. The van der Waals surface area contributed by atoms with Crippen molar-refractivity contribution in [2.45, 2.75) is 59.3 Å². The topological polar surface area (TPSA) is 27.6 Å². The van der Waals surface area contributed by atoms with E-state index in [1.54, 1.807) is 6.21 Å². The summed E-state index contributed by atoms with van der Waals surface area (Å²) in [6, 6.07) is 6.99. The van der Waals surface area contributed by atoms with E-state index in [2.05, 4.69) is 75.4 Å². The Kier molecular flexibility index (Phi) is 8.91. The number of allylic oxidation sites excluding steroid dienone is 4. The number of hydrogen-bond donors (Lipinski definition) is 1. The molecule has 0 amide bonds.